The van der Waals surface area contributed by atoms with Gasteiger partial charge in [0.25, 0.3) is 0 Å². The SMILES string of the molecule is CCNC(=NCc1ccc(CN2CCCC2)cc1)NCC1CCCC1O. The number of hydrogen-bond acceptors (Lipinski definition) is 3. The maximum absolute atomic E-state index is 9.96. The minimum Gasteiger partial charge on any atom is -0.393 e. The van der Waals surface area contributed by atoms with E-state index in [1.165, 1.54) is 37.1 Å². The number of aliphatic imine (C=N–C) groups is 1. The summed E-state index contributed by atoms with van der Waals surface area (Å²) >= 11 is 0. The van der Waals surface area contributed by atoms with Crippen molar-refractivity contribution in [3.05, 3.63) is 35.4 Å². The lowest BCUT2D eigenvalue weighted by Crippen LogP contribution is -2.41. The Hall–Kier alpha value is -1.59. The molecule has 1 saturated heterocycles. The largest absolute Gasteiger partial charge is 0.393 e. The highest BCUT2D eigenvalue weighted by Gasteiger charge is 2.24. The maximum Gasteiger partial charge on any atom is 0.191 e. The van der Waals surface area contributed by atoms with E-state index in [-0.39, 0.29) is 6.10 Å². The van der Waals surface area contributed by atoms with Crippen LogP contribution in [0.3, 0.4) is 0 Å². The van der Waals surface area contributed by atoms with E-state index in [2.05, 4.69) is 46.7 Å². The smallest absolute Gasteiger partial charge is 0.191 e. The molecular formula is C21H34N4O. The lowest BCUT2D eigenvalue weighted by Gasteiger charge is -2.17. The number of aliphatic hydroxyl groups excluding tert-OH is 1. The minimum atomic E-state index is -0.159. The molecule has 3 rings (SSSR count). The first-order valence-electron chi connectivity index (χ1n) is 10.2. The molecule has 1 aliphatic carbocycles. The molecule has 2 aliphatic rings. The van der Waals surface area contributed by atoms with E-state index in [1.54, 1.807) is 0 Å². The third-order valence-electron chi connectivity index (χ3n) is 5.54. The van der Waals surface area contributed by atoms with Crippen molar-refractivity contribution in [3.8, 4) is 0 Å². The van der Waals surface area contributed by atoms with Gasteiger partial charge in [0, 0.05) is 25.6 Å². The highest BCUT2D eigenvalue weighted by atomic mass is 16.3. The van der Waals surface area contributed by atoms with Gasteiger partial charge in [-0.2, -0.15) is 0 Å². The van der Waals surface area contributed by atoms with E-state index in [0.717, 1.165) is 44.9 Å². The van der Waals surface area contributed by atoms with Crippen LogP contribution in [0.4, 0.5) is 0 Å². The topological polar surface area (TPSA) is 59.9 Å². The van der Waals surface area contributed by atoms with Crippen LogP contribution in [-0.4, -0.2) is 48.2 Å². The van der Waals surface area contributed by atoms with Crippen LogP contribution in [0.1, 0.15) is 50.2 Å². The Balaban J connectivity index is 1.49. The third kappa shape index (κ3) is 5.71. The molecule has 0 amide bonds. The molecule has 0 aromatic heterocycles. The summed E-state index contributed by atoms with van der Waals surface area (Å²) in [6.45, 7) is 7.92. The molecule has 1 aromatic carbocycles. The van der Waals surface area contributed by atoms with Gasteiger partial charge in [0.05, 0.1) is 12.6 Å². The molecule has 5 nitrogen and oxygen atoms in total. The summed E-state index contributed by atoms with van der Waals surface area (Å²) in [6, 6.07) is 8.86. The number of aliphatic hydroxyl groups is 1. The third-order valence-corrected chi connectivity index (χ3v) is 5.54. The highest BCUT2D eigenvalue weighted by molar-refractivity contribution is 5.79. The average Bonchev–Trinajstić information content (AvgIpc) is 3.30. The Labute approximate surface area is 157 Å². The Morgan fingerprint density at radius 2 is 1.81 bits per heavy atom. The molecule has 1 heterocycles. The number of benzene rings is 1. The van der Waals surface area contributed by atoms with Gasteiger partial charge < -0.3 is 15.7 Å². The van der Waals surface area contributed by atoms with Gasteiger partial charge in [-0.1, -0.05) is 30.7 Å². The van der Waals surface area contributed by atoms with Crippen molar-refractivity contribution in [2.24, 2.45) is 10.9 Å². The normalized spacial score (nSPS) is 24.2. The second-order valence-electron chi connectivity index (χ2n) is 7.63. The van der Waals surface area contributed by atoms with Crippen LogP contribution >= 0.6 is 0 Å². The van der Waals surface area contributed by atoms with Crippen molar-refractivity contribution in [2.75, 3.05) is 26.2 Å². The fraction of sp³-hybridized carbons (Fsp3) is 0.667. The van der Waals surface area contributed by atoms with Gasteiger partial charge in [-0.15, -0.1) is 0 Å². The van der Waals surface area contributed by atoms with Crippen LogP contribution in [0.25, 0.3) is 0 Å². The minimum absolute atomic E-state index is 0.159. The zero-order valence-electron chi connectivity index (χ0n) is 16.1. The fourth-order valence-electron chi connectivity index (χ4n) is 3.94. The first-order valence-corrected chi connectivity index (χ1v) is 10.2. The molecule has 1 aliphatic heterocycles. The summed E-state index contributed by atoms with van der Waals surface area (Å²) in [5.41, 5.74) is 2.62. The van der Waals surface area contributed by atoms with Crippen LogP contribution in [-0.2, 0) is 13.1 Å². The number of rotatable bonds is 7. The average molecular weight is 359 g/mol. The molecule has 0 spiro atoms. The molecule has 1 saturated carbocycles. The summed E-state index contributed by atoms with van der Waals surface area (Å²) in [7, 11) is 0. The Bertz CT molecular complexity index is 566. The lowest BCUT2D eigenvalue weighted by atomic mass is 10.1. The van der Waals surface area contributed by atoms with E-state index in [1.807, 2.05) is 0 Å². The highest BCUT2D eigenvalue weighted by Crippen LogP contribution is 2.24. The van der Waals surface area contributed by atoms with Crippen molar-refractivity contribution in [1.29, 1.82) is 0 Å². The van der Waals surface area contributed by atoms with E-state index < -0.39 is 0 Å². The number of nitrogens with one attached hydrogen (secondary N) is 2. The Morgan fingerprint density at radius 1 is 1.08 bits per heavy atom. The van der Waals surface area contributed by atoms with Gasteiger partial charge in [-0.05, 0) is 56.8 Å². The van der Waals surface area contributed by atoms with Crippen LogP contribution in [0.15, 0.2) is 29.3 Å². The summed E-state index contributed by atoms with van der Waals surface area (Å²) in [5, 5.41) is 16.7. The van der Waals surface area contributed by atoms with Crippen molar-refractivity contribution in [2.45, 2.75) is 58.2 Å². The standard InChI is InChI=1S/C21H34N4O/c1-2-22-21(24-15-19-6-5-7-20(19)26)23-14-17-8-10-18(11-9-17)16-25-12-3-4-13-25/h8-11,19-20,26H,2-7,12-16H2,1H3,(H2,22,23,24). The van der Waals surface area contributed by atoms with E-state index in [0.29, 0.717) is 12.5 Å². The molecule has 5 heteroatoms. The molecule has 0 radical (unpaired) electrons. The summed E-state index contributed by atoms with van der Waals surface area (Å²) in [5.74, 6) is 1.19. The van der Waals surface area contributed by atoms with Crippen molar-refractivity contribution in [1.82, 2.24) is 15.5 Å². The number of likely N-dealkylation sites (tertiary alicyclic amines) is 1. The Morgan fingerprint density at radius 3 is 2.46 bits per heavy atom. The van der Waals surface area contributed by atoms with Gasteiger partial charge in [-0.25, -0.2) is 4.99 Å². The summed E-state index contributed by atoms with van der Waals surface area (Å²) in [4.78, 5) is 7.23. The first kappa shape index (κ1) is 19.2. The second-order valence-corrected chi connectivity index (χ2v) is 7.63. The molecule has 1 aromatic rings. The van der Waals surface area contributed by atoms with E-state index >= 15 is 0 Å². The first-order chi connectivity index (χ1) is 12.7. The second kappa shape index (κ2) is 9.93. The maximum atomic E-state index is 9.96. The predicted octanol–water partition coefficient (Wildman–Crippen LogP) is 2.50. The molecule has 144 valence electrons. The quantitative estimate of drug-likeness (QED) is 0.518. The predicted molar refractivity (Wildman–Crippen MR) is 107 cm³/mol. The van der Waals surface area contributed by atoms with Crippen molar-refractivity contribution in [3.63, 3.8) is 0 Å². The zero-order chi connectivity index (χ0) is 18.2. The van der Waals surface area contributed by atoms with Crippen LogP contribution in [0.5, 0.6) is 0 Å². The van der Waals surface area contributed by atoms with Crippen molar-refractivity contribution >= 4 is 5.96 Å². The van der Waals surface area contributed by atoms with Gasteiger partial charge >= 0.3 is 0 Å². The molecular weight excluding hydrogens is 324 g/mol. The number of guanidine groups is 1. The lowest BCUT2D eigenvalue weighted by molar-refractivity contribution is 0.134. The molecule has 26 heavy (non-hydrogen) atoms. The number of hydrogen-bond donors (Lipinski definition) is 3. The van der Waals surface area contributed by atoms with Crippen LogP contribution < -0.4 is 10.6 Å². The Kier molecular flexibility index (Phi) is 7.32. The molecule has 3 N–H and O–H groups in total. The van der Waals surface area contributed by atoms with Crippen LogP contribution in [0, 0.1) is 5.92 Å². The summed E-state index contributed by atoms with van der Waals surface area (Å²) < 4.78 is 0. The van der Waals surface area contributed by atoms with Gasteiger partial charge in [0.2, 0.25) is 0 Å². The van der Waals surface area contributed by atoms with Crippen molar-refractivity contribution < 1.29 is 5.11 Å². The zero-order valence-corrected chi connectivity index (χ0v) is 16.1. The van der Waals surface area contributed by atoms with Crippen LogP contribution in [0.2, 0.25) is 0 Å². The molecule has 2 unspecified atom stereocenters. The van der Waals surface area contributed by atoms with Gasteiger partial charge in [-0.3, -0.25) is 4.90 Å². The molecule has 2 fully saturated rings. The van der Waals surface area contributed by atoms with Gasteiger partial charge in [0.15, 0.2) is 5.96 Å². The van der Waals surface area contributed by atoms with E-state index in [9.17, 15) is 5.11 Å². The summed E-state index contributed by atoms with van der Waals surface area (Å²) in [6.07, 6.45) is 5.69. The van der Waals surface area contributed by atoms with Gasteiger partial charge in [0.1, 0.15) is 0 Å². The number of nitrogens with zero attached hydrogens (tertiary/aromatic N) is 2. The monoisotopic (exact) mass is 358 g/mol. The molecule has 0 bridgehead atoms. The molecule has 2 atom stereocenters. The fourth-order valence-corrected chi connectivity index (χ4v) is 3.94. The van der Waals surface area contributed by atoms with E-state index in [4.69, 9.17) is 4.99 Å².